The number of carbonyl (C=O) groups excluding carboxylic acids is 2. The molecule has 1 atom stereocenters. The Balaban J connectivity index is 4.07. The van der Waals surface area contributed by atoms with Crippen molar-refractivity contribution in [3.63, 3.8) is 0 Å². The van der Waals surface area contributed by atoms with Crippen LogP contribution in [0.2, 0.25) is 0 Å². The van der Waals surface area contributed by atoms with Gasteiger partial charge < -0.3 is 0 Å². The van der Waals surface area contributed by atoms with E-state index in [4.69, 9.17) is 34.8 Å². The van der Waals surface area contributed by atoms with Crippen LogP contribution in [0.5, 0.6) is 0 Å². The van der Waals surface area contributed by atoms with Gasteiger partial charge in [0.05, 0.1) is 0 Å². The molecule has 0 rings (SSSR count). The predicted molar refractivity (Wildman–Crippen MR) is 38.3 cm³/mol. The van der Waals surface area contributed by atoms with Gasteiger partial charge in [-0.3, -0.25) is 4.79 Å². The first-order chi connectivity index (χ1) is 4.59. The third kappa shape index (κ3) is 3.18. The van der Waals surface area contributed by atoms with Crippen molar-refractivity contribution < 1.29 is 9.59 Å². The second kappa shape index (κ2) is 4.69. The lowest BCUT2D eigenvalue weighted by atomic mass is 10.4. The van der Waals surface area contributed by atoms with Crippen molar-refractivity contribution in [1.29, 1.82) is 0 Å². The van der Waals surface area contributed by atoms with Gasteiger partial charge in [0.2, 0.25) is 6.08 Å². The molecule has 0 radical (unpaired) electrons. The van der Waals surface area contributed by atoms with Crippen LogP contribution in [0, 0.1) is 0 Å². The first-order valence-corrected chi connectivity index (χ1v) is 3.44. The SMILES string of the molecule is O=C=NC(=O)C(Cl)C(Cl)Cl. The minimum Gasteiger partial charge on any atom is -0.270 e. The number of alkyl halides is 3. The maximum absolute atomic E-state index is 10.5. The molecule has 0 fully saturated rings. The summed E-state index contributed by atoms with van der Waals surface area (Å²) in [6, 6.07) is 0. The van der Waals surface area contributed by atoms with E-state index in [1.54, 1.807) is 0 Å². The molecule has 1 amide bonds. The quantitative estimate of drug-likeness (QED) is 0.384. The zero-order chi connectivity index (χ0) is 8.15. The molecule has 0 saturated carbocycles. The number of aliphatic imine (C=N–C) groups is 1. The fourth-order valence-corrected chi connectivity index (χ4v) is 0.479. The van der Waals surface area contributed by atoms with Crippen LogP contribution < -0.4 is 0 Å². The van der Waals surface area contributed by atoms with E-state index in [2.05, 4.69) is 4.99 Å². The van der Waals surface area contributed by atoms with Crippen LogP contribution in [-0.4, -0.2) is 22.2 Å². The molecule has 0 saturated heterocycles. The zero-order valence-corrected chi connectivity index (χ0v) is 6.82. The number of amides is 1. The lowest BCUT2D eigenvalue weighted by Gasteiger charge is -2.01. The Bertz CT molecular complexity index is 175. The maximum Gasteiger partial charge on any atom is 0.277 e. The Morgan fingerprint density at radius 1 is 1.40 bits per heavy atom. The van der Waals surface area contributed by atoms with E-state index in [0.29, 0.717) is 0 Å². The van der Waals surface area contributed by atoms with E-state index in [1.807, 2.05) is 0 Å². The largest absolute Gasteiger partial charge is 0.277 e. The van der Waals surface area contributed by atoms with Crippen LogP contribution in [0.15, 0.2) is 4.99 Å². The standard InChI is InChI=1S/C4H2Cl3NO2/c5-2(3(6)7)4(10)8-1-9/h2-3H. The van der Waals surface area contributed by atoms with Gasteiger partial charge >= 0.3 is 0 Å². The molecule has 0 aromatic rings. The van der Waals surface area contributed by atoms with Gasteiger partial charge in [0, 0.05) is 0 Å². The highest BCUT2D eigenvalue weighted by Crippen LogP contribution is 2.14. The van der Waals surface area contributed by atoms with Gasteiger partial charge in [-0.25, -0.2) is 4.79 Å². The van der Waals surface area contributed by atoms with Crippen molar-refractivity contribution in [3.05, 3.63) is 0 Å². The van der Waals surface area contributed by atoms with E-state index in [0.717, 1.165) is 6.08 Å². The normalized spacial score (nSPS) is 12.4. The van der Waals surface area contributed by atoms with Gasteiger partial charge in [-0.1, -0.05) is 0 Å². The monoisotopic (exact) mass is 201 g/mol. The van der Waals surface area contributed by atoms with Crippen molar-refractivity contribution in [2.24, 2.45) is 4.99 Å². The fraction of sp³-hybridized carbons (Fsp3) is 0.500. The van der Waals surface area contributed by atoms with Crippen LogP contribution in [0.4, 0.5) is 0 Å². The molecule has 0 aliphatic rings. The molecule has 56 valence electrons. The average molecular weight is 202 g/mol. The summed E-state index contributed by atoms with van der Waals surface area (Å²) in [7, 11) is 0. The third-order valence-electron chi connectivity index (χ3n) is 0.613. The minimum absolute atomic E-state index is 0.883. The number of rotatable bonds is 2. The van der Waals surface area contributed by atoms with Crippen LogP contribution in [-0.2, 0) is 9.59 Å². The first kappa shape index (κ1) is 9.92. The number of hydrogen-bond donors (Lipinski definition) is 0. The molecular formula is C4H2Cl3NO2. The van der Waals surface area contributed by atoms with Crippen LogP contribution >= 0.6 is 34.8 Å². The fourth-order valence-electron chi connectivity index (χ4n) is 0.214. The maximum atomic E-state index is 10.5. The zero-order valence-electron chi connectivity index (χ0n) is 4.55. The Labute approximate surface area is 72.0 Å². The molecule has 0 aromatic heterocycles. The van der Waals surface area contributed by atoms with Crippen molar-refractivity contribution >= 4 is 46.8 Å². The van der Waals surface area contributed by atoms with E-state index in [-0.39, 0.29) is 0 Å². The highest BCUT2D eigenvalue weighted by Gasteiger charge is 2.21. The minimum atomic E-state index is -1.18. The Kier molecular flexibility index (Phi) is 4.65. The number of halogens is 3. The predicted octanol–water partition coefficient (Wildman–Crippen LogP) is 1.26. The van der Waals surface area contributed by atoms with E-state index in [1.165, 1.54) is 0 Å². The topological polar surface area (TPSA) is 46.5 Å². The summed E-state index contributed by atoms with van der Waals surface area (Å²) >= 11 is 15.6. The molecule has 1 unspecified atom stereocenters. The summed E-state index contributed by atoms with van der Waals surface area (Å²) in [5.41, 5.74) is 0. The highest BCUT2D eigenvalue weighted by atomic mass is 35.5. The van der Waals surface area contributed by atoms with Gasteiger partial charge in [-0.05, 0) is 0 Å². The molecule has 0 spiro atoms. The summed E-state index contributed by atoms with van der Waals surface area (Å²) in [4.78, 5) is 21.6. The highest BCUT2D eigenvalue weighted by molar-refractivity contribution is 6.51. The van der Waals surface area contributed by atoms with Crippen molar-refractivity contribution in [1.82, 2.24) is 0 Å². The van der Waals surface area contributed by atoms with Crippen molar-refractivity contribution in [2.45, 2.75) is 10.2 Å². The third-order valence-corrected chi connectivity index (χ3v) is 1.81. The van der Waals surface area contributed by atoms with Crippen LogP contribution in [0.3, 0.4) is 0 Å². The number of isocyanates is 1. The van der Waals surface area contributed by atoms with Gasteiger partial charge in [-0.2, -0.15) is 0 Å². The summed E-state index contributed by atoms with van der Waals surface area (Å²) in [5, 5.41) is -1.18. The lowest BCUT2D eigenvalue weighted by molar-refractivity contribution is -0.117. The van der Waals surface area contributed by atoms with Gasteiger partial charge in [-0.15, -0.1) is 39.8 Å². The second-order valence-electron chi connectivity index (χ2n) is 1.28. The van der Waals surface area contributed by atoms with Crippen molar-refractivity contribution in [3.8, 4) is 0 Å². The van der Waals surface area contributed by atoms with Gasteiger partial charge in [0.15, 0.2) is 0 Å². The van der Waals surface area contributed by atoms with E-state index >= 15 is 0 Å². The van der Waals surface area contributed by atoms with Crippen molar-refractivity contribution in [2.75, 3.05) is 0 Å². The lowest BCUT2D eigenvalue weighted by Crippen LogP contribution is -2.18. The summed E-state index contributed by atoms with van der Waals surface area (Å²) < 4.78 is 0. The van der Waals surface area contributed by atoms with E-state index < -0.39 is 16.1 Å². The summed E-state index contributed by atoms with van der Waals surface area (Å²) in [6.45, 7) is 0. The summed E-state index contributed by atoms with van der Waals surface area (Å²) in [5.74, 6) is -0.883. The Morgan fingerprint density at radius 3 is 2.20 bits per heavy atom. The van der Waals surface area contributed by atoms with Crippen LogP contribution in [0.25, 0.3) is 0 Å². The van der Waals surface area contributed by atoms with Crippen LogP contribution in [0.1, 0.15) is 0 Å². The average Bonchev–Trinajstić information content (AvgIpc) is 1.87. The molecule has 10 heavy (non-hydrogen) atoms. The molecule has 0 aliphatic heterocycles. The Hall–Kier alpha value is -0.0800. The number of nitrogens with zero attached hydrogens (tertiary/aromatic N) is 1. The molecule has 6 heteroatoms. The molecule has 0 aliphatic carbocycles. The summed E-state index contributed by atoms with van der Waals surface area (Å²) in [6.07, 6.45) is 1.03. The molecule has 0 aromatic carbocycles. The smallest absolute Gasteiger partial charge is 0.270 e. The van der Waals surface area contributed by atoms with Gasteiger partial charge in [0.1, 0.15) is 10.2 Å². The first-order valence-electron chi connectivity index (χ1n) is 2.13. The molecule has 3 nitrogen and oxygen atoms in total. The van der Waals surface area contributed by atoms with Gasteiger partial charge in [0.25, 0.3) is 5.91 Å². The number of carbonyl (C=O) groups is 1. The second-order valence-corrected chi connectivity index (χ2v) is 2.91. The number of hydrogen-bond acceptors (Lipinski definition) is 2. The molecule has 0 N–H and O–H groups in total. The van der Waals surface area contributed by atoms with E-state index in [9.17, 15) is 9.59 Å². The molecule has 0 bridgehead atoms. The molecule has 0 heterocycles. The Morgan fingerprint density at radius 2 is 1.90 bits per heavy atom. The molecular weight excluding hydrogens is 200 g/mol.